The largest absolute Gasteiger partial charge is 0.452 e. The van der Waals surface area contributed by atoms with Crippen LogP contribution in [0.5, 0.6) is 0 Å². The zero-order valence-corrected chi connectivity index (χ0v) is 14.6. The Bertz CT molecular complexity index is 921. The maximum absolute atomic E-state index is 12.8. The van der Waals surface area contributed by atoms with Gasteiger partial charge in [0.2, 0.25) is 5.50 Å². The molecule has 0 saturated heterocycles. The number of pyridine rings is 1. The van der Waals surface area contributed by atoms with Crippen LogP contribution in [0.2, 0.25) is 0 Å². The Kier molecular flexibility index (Phi) is 3.89. The van der Waals surface area contributed by atoms with Crippen molar-refractivity contribution in [1.29, 1.82) is 0 Å². The molecule has 2 atom stereocenters. The Morgan fingerprint density at radius 2 is 2.17 bits per heavy atom. The zero-order valence-electron chi connectivity index (χ0n) is 12.9. The maximum Gasteiger partial charge on any atom is 0.395 e. The first-order chi connectivity index (χ1) is 11.5. The molecule has 0 aromatic carbocycles. The standard InChI is InChI=1S/C16H15N2O4PS/c1-10-18-14(9-24-10)13-8-12-2-3-15(11-4-6-17-7-5-11)22-23(19,20)16(13)21-12/h4-9,15H,2-3H2,1H3,(H,19,20). The van der Waals surface area contributed by atoms with Gasteiger partial charge in [-0.1, -0.05) is 0 Å². The van der Waals surface area contributed by atoms with E-state index in [-0.39, 0.29) is 5.50 Å². The van der Waals surface area contributed by atoms with Gasteiger partial charge in [-0.2, -0.15) is 0 Å². The van der Waals surface area contributed by atoms with Gasteiger partial charge in [0.15, 0.2) is 0 Å². The number of furan rings is 1. The van der Waals surface area contributed by atoms with Crippen LogP contribution in [0, 0.1) is 6.92 Å². The molecule has 3 aromatic heterocycles. The minimum Gasteiger partial charge on any atom is -0.452 e. The molecule has 0 fully saturated rings. The predicted octanol–water partition coefficient (Wildman–Crippen LogP) is 3.62. The van der Waals surface area contributed by atoms with Crippen molar-refractivity contribution in [3.8, 4) is 11.3 Å². The van der Waals surface area contributed by atoms with Gasteiger partial charge >= 0.3 is 7.60 Å². The molecule has 1 aliphatic heterocycles. The van der Waals surface area contributed by atoms with E-state index >= 15 is 0 Å². The number of aryl methyl sites for hydroxylation is 2. The highest BCUT2D eigenvalue weighted by molar-refractivity contribution is 7.61. The SMILES string of the molecule is Cc1nc(-c2cc3oc2P(=O)(O)OC(c2ccncc2)CC3)cs1. The fraction of sp³-hybridized carbons (Fsp3) is 0.250. The predicted molar refractivity (Wildman–Crippen MR) is 90.4 cm³/mol. The van der Waals surface area contributed by atoms with Gasteiger partial charge in [0.25, 0.3) is 0 Å². The van der Waals surface area contributed by atoms with Crippen molar-refractivity contribution in [3.05, 3.63) is 52.3 Å². The first kappa shape index (κ1) is 15.7. The summed E-state index contributed by atoms with van der Waals surface area (Å²) in [5.41, 5.74) is 1.98. The van der Waals surface area contributed by atoms with E-state index in [1.807, 2.05) is 12.3 Å². The van der Waals surface area contributed by atoms with Gasteiger partial charge in [0, 0.05) is 24.2 Å². The average Bonchev–Trinajstić information content (AvgIpc) is 3.18. The van der Waals surface area contributed by atoms with E-state index in [9.17, 15) is 9.46 Å². The van der Waals surface area contributed by atoms with E-state index in [1.165, 1.54) is 11.3 Å². The summed E-state index contributed by atoms with van der Waals surface area (Å²) < 4.78 is 24.1. The van der Waals surface area contributed by atoms with Crippen LogP contribution in [0.1, 0.15) is 28.9 Å². The molecule has 0 radical (unpaired) electrons. The van der Waals surface area contributed by atoms with Crippen molar-refractivity contribution in [1.82, 2.24) is 9.97 Å². The quantitative estimate of drug-likeness (QED) is 0.701. The van der Waals surface area contributed by atoms with E-state index in [1.54, 1.807) is 30.6 Å². The number of nitrogens with zero attached hydrogens (tertiary/aromatic N) is 2. The summed E-state index contributed by atoms with van der Waals surface area (Å²) in [6.45, 7) is 1.89. The third-order valence-corrected chi connectivity index (χ3v) is 6.08. The molecule has 1 aliphatic rings. The van der Waals surface area contributed by atoms with Gasteiger partial charge in [-0.25, -0.2) is 4.98 Å². The van der Waals surface area contributed by atoms with Gasteiger partial charge in [-0.3, -0.25) is 14.1 Å². The second-order valence-corrected chi connectivity index (χ2v) is 8.34. The lowest BCUT2D eigenvalue weighted by atomic mass is 10.1. The van der Waals surface area contributed by atoms with Gasteiger partial charge < -0.3 is 9.31 Å². The topological polar surface area (TPSA) is 85.5 Å². The fourth-order valence-electron chi connectivity index (χ4n) is 2.79. The lowest BCUT2D eigenvalue weighted by Gasteiger charge is -2.22. The Hall–Kier alpha value is -1.79. The van der Waals surface area contributed by atoms with E-state index in [2.05, 4.69) is 9.97 Å². The molecule has 24 heavy (non-hydrogen) atoms. The Morgan fingerprint density at radius 3 is 2.88 bits per heavy atom. The summed E-state index contributed by atoms with van der Waals surface area (Å²) in [5, 5.41) is 2.74. The minimum absolute atomic E-state index is 0.0263. The second-order valence-electron chi connectivity index (χ2n) is 5.62. The van der Waals surface area contributed by atoms with Crippen LogP contribution in [0.4, 0.5) is 0 Å². The molecule has 1 N–H and O–H groups in total. The van der Waals surface area contributed by atoms with Gasteiger partial charge in [0.05, 0.1) is 22.4 Å². The van der Waals surface area contributed by atoms with Crippen LogP contribution in [0.3, 0.4) is 0 Å². The third-order valence-electron chi connectivity index (χ3n) is 3.92. The molecule has 6 nitrogen and oxygen atoms in total. The number of aromatic nitrogens is 2. The second kappa shape index (κ2) is 5.93. The monoisotopic (exact) mass is 362 g/mol. The molecule has 0 saturated carbocycles. The van der Waals surface area contributed by atoms with Crippen molar-refractivity contribution in [2.24, 2.45) is 0 Å². The Balaban J connectivity index is 1.76. The summed E-state index contributed by atoms with van der Waals surface area (Å²) in [4.78, 5) is 18.9. The number of rotatable bonds is 2. The first-order valence-electron chi connectivity index (χ1n) is 7.50. The molecule has 2 unspecified atom stereocenters. The molecule has 2 bridgehead atoms. The third kappa shape index (κ3) is 2.84. The summed E-state index contributed by atoms with van der Waals surface area (Å²) in [6, 6.07) is 5.38. The van der Waals surface area contributed by atoms with Crippen molar-refractivity contribution in [3.63, 3.8) is 0 Å². The maximum atomic E-state index is 12.8. The van der Waals surface area contributed by atoms with Crippen LogP contribution >= 0.6 is 18.9 Å². The van der Waals surface area contributed by atoms with Crippen molar-refractivity contribution in [2.45, 2.75) is 25.9 Å². The summed E-state index contributed by atoms with van der Waals surface area (Å²) in [6.07, 6.45) is 3.97. The van der Waals surface area contributed by atoms with Gasteiger partial charge in [0.1, 0.15) is 5.76 Å². The molecule has 0 spiro atoms. The van der Waals surface area contributed by atoms with E-state index < -0.39 is 13.7 Å². The Morgan fingerprint density at radius 1 is 1.38 bits per heavy atom. The highest BCUT2D eigenvalue weighted by atomic mass is 32.1. The molecule has 8 heteroatoms. The first-order valence-corrected chi connectivity index (χ1v) is 9.95. The number of hydrogen-bond donors (Lipinski definition) is 1. The van der Waals surface area contributed by atoms with Crippen LogP contribution in [0.25, 0.3) is 11.3 Å². The summed E-state index contributed by atoms with van der Waals surface area (Å²) >= 11 is 1.48. The number of hydrogen-bond acceptors (Lipinski definition) is 6. The van der Waals surface area contributed by atoms with Crippen LogP contribution < -0.4 is 5.50 Å². The Labute approximate surface area is 142 Å². The molecule has 124 valence electrons. The highest BCUT2D eigenvalue weighted by Crippen LogP contribution is 2.51. The van der Waals surface area contributed by atoms with E-state index in [0.29, 0.717) is 29.9 Å². The molecule has 3 aromatic rings. The normalized spacial score (nSPS) is 23.7. The number of fused-ring (bicyclic) bond motifs is 2. The molecular formula is C16H15N2O4PS. The average molecular weight is 362 g/mol. The van der Waals surface area contributed by atoms with Crippen LogP contribution in [0.15, 0.2) is 40.4 Å². The van der Waals surface area contributed by atoms with Gasteiger partial charge in [-0.05, 0) is 37.1 Å². The molecular weight excluding hydrogens is 347 g/mol. The van der Waals surface area contributed by atoms with Crippen molar-refractivity contribution < 1.29 is 18.4 Å². The van der Waals surface area contributed by atoms with Crippen molar-refractivity contribution in [2.75, 3.05) is 0 Å². The molecule has 0 aliphatic carbocycles. The molecule has 4 heterocycles. The smallest absolute Gasteiger partial charge is 0.395 e. The minimum atomic E-state index is -4.11. The zero-order chi connectivity index (χ0) is 16.7. The molecule has 0 amide bonds. The van der Waals surface area contributed by atoms with E-state index in [0.717, 1.165) is 10.6 Å². The fourth-order valence-corrected chi connectivity index (χ4v) is 4.78. The molecule has 4 rings (SSSR count). The van der Waals surface area contributed by atoms with Crippen LogP contribution in [-0.2, 0) is 15.5 Å². The lowest BCUT2D eigenvalue weighted by molar-refractivity contribution is 0.164. The van der Waals surface area contributed by atoms with Crippen molar-refractivity contribution >= 4 is 24.4 Å². The van der Waals surface area contributed by atoms with Crippen LogP contribution in [-0.4, -0.2) is 14.9 Å². The summed E-state index contributed by atoms with van der Waals surface area (Å²) in [7, 11) is -4.11. The summed E-state index contributed by atoms with van der Waals surface area (Å²) in [5.74, 6) is 0.669. The lowest BCUT2D eigenvalue weighted by Crippen LogP contribution is -2.14. The number of thiazole rings is 1. The van der Waals surface area contributed by atoms with E-state index in [4.69, 9.17) is 8.94 Å². The highest BCUT2D eigenvalue weighted by Gasteiger charge is 2.37. The van der Waals surface area contributed by atoms with Gasteiger partial charge in [-0.15, -0.1) is 11.3 Å².